The summed E-state index contributed by atoms with van der Waals surface area (Å²) in [5.41, 5.74) is 4.32. The van der Waals surface area contributed by atoms with Crippen molar-refractivity contribution in [2.45, 2.75) is 30.8 Å². The number of thiazole rings is 1. The van der Waals surface area contributed by atoms with Gasteiger partial charge in [0.05, 0.1) is 22.4 Å². The molecule has 2 aromatic heterocycles. The molecule has 0 N–H and O–H groups in total. The zero-order valence-electron chi connectivity index (χ0n) is 17.8. The maximum Gasteiger partial charge on any atom is 0.308 e. The van der Waals surface area contributed by atoms with Gasteiger partial charge >= 0.3 is 4.87 Å². The lowest BCUT2D eigenvalue weighted by atomic mass is 10.2. The van der Waals surface area contributed by atoms with Crippen LogP contribution < -0.4 is 4.87 Å². The summed E-state index contributed by atoms with van der Waals surface area (Å²) in [6.07, 6.45) is 0. The fraction of sp³-hybridized carbons (Fsp3) is 0.160. The van der Waals surface area contributed by atoms with Gasteiger partial charge in [-0.1, -0.05) is 83.8 Å². The van der Waals surface area contributed by atoms with Gasteiger partial charge in [0.15, 0.2) is 11.0 Å². The predicted octanol–water partition coefficient (Wildman–Crippen LogP) is 5.85. The van der Waals surface area contributed by atoms with Gasteiger partial charge in [-0.2, -0.15) is 0 Å². The van der Waals surface area contributed by atoms with Crippen LogP contribution in [0.1, 0.15) is 29.1 Å². The number of benzene rings is 3. The van der Waals surface area contributed by atoms with Gasteiger partial charge in [-0.3, -0.25) is 13.9 Å². The molecule has 5 aromatic rings. The van der Waals surface area contributed by atoms with E-state index in [0.717, 1.165) is 32.4 Å². The molecule has 5 rings (SSSR count). The van der Waals surface area contributed by atoms with Gasteiger partial charge < -0.3 is 0 Å². The average Bonchev–Trinajstić information content (AvgIpc) is 3.35. The molecule has 0 saturated carbocycles. The zero-order valence-corrected chi connectivity index (χ0v) is 19.4. The molecular formula is C25H22N4OS2. The zero-order chi connectivity index (χ0) is 22.1. The number of aromatic nitrogens is 4. The number of aryl methyl sites for hydroxylation is 1. The molecule has 0 amide bonds. The highest BCUT2D eigenvalue weighted by Crippen LogP contribution is 2.35. The van der Waals surface area contributed by atoms with Gasteiger partial charge in [-0.25, -0.2) is 0 Å². The first-order chi connectivity index (χ1) is 15.6. The molecule has 160 valence electrons. The lowest BCUT2D eigenvalue weighted by molar-refractivity contribution is 0.724. The molecule has 0 fully saturated rings. The number of hydrogen-bond acceptors (Lipinski definition) is 5. The average molecular weight is 459 g/mol. The molecule has 5 nitrogen and oxygen atoms in total. The summed E-state index contributed by atoms with van der Waals surface area (Å²) in [5.74, 6) is 0.743. The van der Waals surface area contributed by atoms with Crippen molar-refractivity contribution in [3.63, 3.8) is 0 Å². The quantitative estimate of drug-likeness (QED) is 0.299. The number of nitrogens with zero attached hydrogens (tertiary/aromatic N) is 4. The molecule has 2 heterocycles. The van der Waals surface area contributed by atoms with Crippen LogP contribution in [0.4, 0.5) is 0 Å². The Morgan fingerprint density at radius 3 is 2.47 bits per heavy atom. The normalized spacial score (nSPS) is 12.3. The van der Waals surface area contributed by atoms with Crippen LogP contribution in [0.2, 0.25) is 0 Å². The Bertz CT molecular complexity index is 1440. The van der Waals surface area contributed by atoms with Gasteiger partial charge in [0.1, 0.15) is 0 Å². The number of thioether (sulfide) groups is 1. The fourth-order valence-corrected chi connectivity index (χ4v) is 5.69. The van der Waals surface area contributed by atoms with Crippen molar-refractivity contribution in [2.75, 3.05) is 0 Å². The Kier molecular flexibility index (Phi) is 5.68. The number of rotatable bonds is 6. The Morgan fingerprint density at radius 2 is 1.66 bits per heavy atom. The lowest BCUT2D eigenvalue weighted by Crippen LogP contribution is -2.17. The molecule has 0 bridgehead atoms. The summed E-state index contributed by atoms with van der Waals surface area (Å²) in [6.45, 7) is 4.62. The number of hydrogen-bond donors (Lipinski definition) is 0. The van der Waals surface area contributed by atoms with Crippen molar-refractivity contribution in [1.82, 2.24) is 19.3 Å². The highest BCUT2D eigenvalue weighted by atomic mass is 32.2. The summed E-state index contributed by atoms with van der Waals surface area (Å²) in [6, 6.07) is 26.5. The molecule has 0 radical (unpaired) electrons. The van der Waals surface area contributed by atoms with Crippen molar-refractivity contribution < 1.29 is 0 Å². The fourth-order valence-electron chi connectivity index (χ4n) is 3.79. The number of fused-ring (bicyclic) bond motifs is 1. The second-order valence-corrected chi connectivity index (χ2v) is 9.91. The monoisotopic (exact) mass is 458 g/mol. The molecule has 0 aliphatic carbocycles. The third kappa shape index (κ3) is 3.89. The second kappa shape index (κ2) is 8.76. The molecule has 7 heteroatoms. The number of para-hydroxylation sites is 2. The van der Waals surface area contributed by atoms with E-state index in [4.69, 9.17) is 0 Å². The molecule has 0 saturated heterocycles. The van der Waals surface area contributed by atoms with E-state index < -0.39 is 0 Å². The SMILES string of the molecule is Cc1ccccc1-n1c(Cn2c(=O)sc3ccccc32)nnc1S[C@@H](C)c1ccccc1. The molecule has 0 aliphatic heterocycles. The van der Waals surface area contributed by atoms with Crippen LogP contribution in [0.3, 0.4) is 0 Å². The molecular weight excluding hydrogens is 436 g/mol. The van der Waals surface area contributed by atoms with Crippen LogP contribution in [0.5, 0.6) is 0 Å². The minimum absolute atomic E-state index is 0.0115. The van der Waals surface area contributed by atoms with Crippen molar-refractivity contribution in [2.24, 2.45) is 0 Å². The van der Waals surface area contributed by atoms with Crippen LogP contribution in [-0.2, 0) is 6.54 Å². The second-order valence-electron chi connectivity index (χ2n) is 7.61. The predicted molar refractivity (Wildman–Crippen MR) is 132 cm³/mol. The van der Waals surface area contributed by atoms with Crippen molar-refractivity contribution in [3.8, 4) is 5.69 Å². The maximum absolute atomic E-state index is 12.7. The molecule has 0 unspecified atom stereocenters. The summed E-state index contributed by atoms with van der Waals surface area (Å²) >= 11 is 2.93. The molecule has 0 aliphatic rings. The van der Waals surface area contributed by atoms with Gasteiger partial charge in [0.25, 0.3) is 0 Å². The molecule has 3 aromatic carbocycles. The van der Waals surface area contributed by atoms with E-state index in [-0.39, 0.29) is 10.1 Å². The van der Waals surface area contributed by atoms with Gasteiger partial charge in [-0.05, 0) is 43.2 Å². The first kappa shape index (κ1) is 20.7. The van der Waals surface area contributed by atoms with E-state index in [0.29, 0.717) is 6.54 Å². The summed E-state index contributed by atoms with van der Waals surface area (Å²) in [5, 5.41) is 10.1. The standard InChI is InChI=1S/C25H22N4OS2/c1-17-10-6-7-13-20(17)29-23(16-28-21-14-8-9-15-22(21)32-25(28)30)26-27-24(29)31-18(2)19-11-4-3-5-12-19/h3-15,18H,16H2,1-2H3/t18-/m0/s1. The van der Waals surface area contributed by atoms with Crippen molar-refractivity contribution in [1.29, 1.82) is 0 Å². The highest BCUT2D eigenvalue weighted by molar-refractivity contribution is 7.99. The minimum atomic E-state index is 0.0115. The lowest BCUT2D eigenvalue weighted by Gasteiger charge is -2.15. The molecule has 0 spiro atoms. The van der Waals surface area contributed by atoms with Crippen LogP contribution >= 0.6 is 23.1 Å². The Morgan fingerprint density at radius 1 is 0.938 bits per heavy atom. The Hall–Kier alpha value is -3.16. The highest BCUT2D eigenvalue weighted by Gasteiger charge is 2.20. The molecule has 1 atom stereocenters. The third-order valence-corrected chi connectivity index (χ3v) is 7.54. The Balaban J connectivity index is 1.59. The minimum Gasteiger partial charge on any atom is -0.291 e. The van der Waals surface area contributed by atoms with Crippen LogP contribution in [-0.4, -0.2) is 19.3 Å². The van der Waals surface area contributed by atoms with Gasteiger partial charge in [-0.15, -0.1) is 10.2 Å². The third-order valence-electron chi connectivity index (χ3n) is 5.48. The van der Waals surface area contributed by atoms with E-state index >= 15 is 0 Å². The van der Waals surface area contributed by atoms with Crippen molar-refractivity contribution in [3.05, 3.63) is 105 Å². The topological polar surface area (TPSA) is 52.7 Å². The van der Waals surface area contributed by atoms with E-state index in [1.807, 2.05) is 42.5 Å². The van der Waals surface area contributed by atoms with Gasteiger partial charge in [0, 0.05) is 5.25 Å². The summed E-state index contributed by atoms with van der Waals surface area (Å²) < 4.78 is 4.86. The largest absolute Gasteiger partial charge is 0.308 e. The smallest absolute Gasteiger partial charge is 0.291 e. The van der Waals surface area contributed by atoms with Gasteiger partial charge in [0.2, 0.25) is 0 Å². The summed E-state index contributed by atoms with van der Waals surface area (Å²) in [7, 11) is 0. The van der Waals surface area contributed by atoms with E-state index in [9.17, 15) is 4.79 Å². The molecule has 32 heavy (non-hydrogen) atoms. The van der Waals surface area contributed by atoms with Crippen LogP contribution in [0.25, 0.3) is 15.9 Å². The van der Waals surface area contributed by atoms with Crippen LogP contribution in [0.15, 0.2) is 88.8 Å². The Labute approximate surface area is 194 Å². The maximum atomic E-state index is 12.7. The first-order valence-electron chi connectivity index (χ1n) is 10.4. The van der Waals surface area contributed by atoms with E-state index in [1.54, 1.807) is 16.3 Å². The van der Waals surface area contributed by atoms with Crippen LogP contribution in [0, 0.1) is 6.92 Å². The van der Waals surface area contributed by atoms with E-state index in [1.165, 1.54) is 16.9 Å². The summed E-state index contributed by atoms with van der Waals surface area (Å²) in [4.78, 5) is 12.8. The van der Waals surface area contributed by atoms with Crippen molar-refractivity contribution >= 4 is 33.3 Å². The first-order valence-corrected chi connectivity index (χ1v) is 12.1. The van der Waals surface area contributed by atoms with E-state index in [2.05, 4.69) is 65.0 Å².